The summed E-state index contributed by atoms with van der Waals surface area (Å²) in [6, 6.07) is 0. The van der Waals surface area contributed by atoms with Gasteiger partial charge in [-0.3, -0.25) is 0 Å². The Morgan fingerprint density at radius 2 is 1.40 bits per heavy atom. The number of unbranched alkanes of at least 4 members (excludes halogenated alkanes) is 11. The fourth-order valence-corrected chi connectivity index (χ4v) is 3.31. The molecule has 1 fully saturated rings. The van der Waals surface area contributed by atoms with E-state index in [4.69, 9.17) is 9.47 Å². The molecular weight excluding hydrogens is 320 g/mol. The van der Waals surface area contributed by atoms with Crippen LogP contribution in [0.15, 0.2) is 0 Å². The zero-order valence-electron chi connectivity index (χ0n) is 16.1. The van der Waals surface area contributed by atoms with Gasteiger partial charge in [-0.25, -0.2) is 0 Å². The van der Waals surface area contributed by atoms with Crippen molar-refractivity contribution in [3.05, 3.63) is 0 Å². The minimum absolute atomic E-state index is 0.0711. The molecule has 3 N–H and O–H groups in total. The van der Waals surface area contributed by atoms with Gasteiger partial charge in [0, 0.05) is 6.61 Å². The van der Waals surface area contributed by atoms with Crippen LogP contribution in [0.2, 0.25) is 0 Å². The van der Waals surface area contributed by atoms with Crippen LogP contribution in [-0.2, 0) is 9.47 Å². The number of rotatable bonds is 16. The SMILES string of the molecule is CCCCCCCCCCCCCCOC[C@H](O)[C@@H]1OC[C@@H](O)[C@@H]1O. The molecule has 1 aliphatic rings. The van der Waals surface area contributed by atoms with Crippen molar-refractivity contribution in [2.75, 3.05) is 19.8 Å². The van der Waals surface area contributed by atoms with Gasteiger partial charge < -0.3 is 24.8 Å². The zero-order valence-corrected chi connectivity index (χ0v) is 16.1. The Bertz CT molecular complexity index is 300. The molecule has 0 unspecified atom stereocenters. The zero-order chi connectivity index (χ0) is 18.3. The number of ether oxygens (including phenoxy) is 2. The summed E-state index contributed by atoms with van der Waals surface area (Å²) >= 11 is 0. The highest BCUT2D eigenvalue weighted by Crippen LogP contribution is 2.18. The highest BCUT2D eigenvalue weighted by atomic mass is 16.5. The maximum Gasteiger partial charge on any atom is 0.114 e. The highest BCUT2D eigenvalue weighted by molar-refractivity contribution is 4.87. The Labute approximate surface area is 153 Å². The third-order valence-corrected chi connectivity index (χ3v) is 5.00. The molecule has 25 heavy (non-hydrogen) atoms. The van der Waals surface area contributed by atoms with Crippen molar-refractivity contribution in [1.29, 1.82) is 0 Å². The molecule has 0 aliphatic carbocycles. The summed E-state index contributed by atoms with van der Waals surface area (Å²) in [4.78, 5) is 0. The quantitative estimate of drug-likeness (QED) is 0.368. The van der Waals surface area contributed by atoms with Gasteiger partial charge in [-0.15, -0.1) is 0 Å². The van der Waals surface area contributed by atoms with Crippen LogP contribution in [0.25, 0.3) is 0 Å². The third kappa shape index (κ3) is 10.5. The van der Waals surface area contributed by atoms with Crippen molar-refractivity contribution >= 4 is 0 Å². The van der Waals surface area contributed by atoms with E-state index in [-0.39, 0.29) is 13.2 Å². The van der Waals surface area contributed by atoms with Crippen LogP contribution in [0, 0.1) is 0 Å². The smallest absolute Gasteiger partial charge is 0.114 e. The first-order valence-electron chi connectivity index (χ1n) is 10.4. The molecule has 0 aromatic rings. The van der Waals surface area contributed by atoms with E-state index in [1.807, 2.05) is 0 Å². The van der Waals surface area contributed by atoms with E-state index in [1.54, 1.807) is 0 Å². The first-order chi connectivity index (χ1) is 12.2. The second-order valence-electron chi connectivity index (χ2n) is 7.39. The molecule has 4 atom stereocenters. The van der Waals surface area contributed by atoms with E-state index in [1.165, 1.54) is 64.2 Å². The van der Waals surface area contributed by atoms with E-state index in [0.29, 0.717) is 6.61 Å². The summed E-state index contributed by atoms with van der Waals surface area (Å²) in [5.74, 6) is 0. The monoisotopic (exact) mass is 360 g/mol. The predicted molar refractivity (Wildman–Crippen MR) is 99.7 cm³/mol. The molecular formula is C20H40O5. The standard InChI is InChI=1S/C20H40O5/c1-2-3-4-5-6-7-8-9-10-11-12-13-14-24-15-18(22)20-19(23)17(21)16-25-20/h17-23H,2-16H2,1H3/t17-,18+,19+,20+/m1/s1. The normalized spacial score (nSPS) is 24.7. The molecule has 0 aromatic heterocycles. The Morgan fingerprint density at radius 1 is 0.880 bits per heavy atom. The molecule has 1 aliphatic heterocycles. The lowest BCUT2D eigenvalue weighted by atomic mass is 10.1. The van der Waals surface area contributed by atoms with Crippen molar-refractivity contribution in [3.8, 4) is 0 Å². The molecule has 0 amide bonds. The maximum atomic E-state index is 9.91. The van der Waals surface area contributed by atoms with Gasteiger partial charge in [-0.1, -0.05) is 77.6 Å². The summed E-state index contributed by atoms with van der Waals surface area (Å²) in [5, 5.41) is 28.9. The van der Waals surface area contributed by atoms with Crippen LogP contribution >= 0.6 is 0 Å². The molecule has 1 saturated heterocycles. The molecule has 0 radical (unpaired) electrons. The van der Waals surface area contributed by atoms with Gasteiger partial charge in [0.1, 0.15) is 24.4 Å². The summed E-state index contributed by atoms with van der Waals surface area (Å²) in [7, 11) is 0. The van der Waals surface area contributed by atoms with Gasteiger partial charge in [0.05, 0.1) is 13.2 Å². The largest absolute Gasteiger partial charge is 0.388 e. The molecule has 1 heterocycles. The number of aliphatic hydroxyl groups is 3. The Balaban J connectivity index is 1.80. The number of aliphatic hydroxyl groups excluding tert-OH is 3. The lowest BCUT2D eigenvalue weighted by Crippen LogP contribution is -2.40. The van der Waals surface area contributed by atoms with Crippen molar-refractivity contribution in [3.63, 3.8) is 0 Å². The fourth-order valence-electron chi connectivity index (χ4n) is 3.31. The minimum atomic E-state index is -1.02. The van der Waals surface area contributed by atoms with Crippen molar-refractivity contribution in [2.45, 2.75) is 108 Å². The van der Waals surface area contributed by atoms with Crippen molar-refractivity contribution < 1.29 is 24.8 Å². The summed E-state index contributed by atoms with van der Waals surface area (Å²) in [6.07, 6.45) is 12.2. The molecule has 0 bridgehead atoms. The first kappa shape index (κ1) is 22.8. The maximum absolute atomic E-state index is 9.91. The lowest BCUT2D eigenvalue weighted by molar-refractivity contribution is -0.0813. The predicted octanol–water partition coefficient (Wildman–Crippen LogP) is 3.19. The first-order valence-corrected chi connectivity index (χ1v) is 10.4. The van der Waals surface area contributed by atoms with E-state index in [2.05, 4.69) is 6.92 Å². The number of hydrogen-bond acceptors (Lipinski definition) is 5. The molecule has 0 spiro atoms. The van der Waals surface area contributed by atoms with Crippen molar-refractivity contribution in [1.82, 2.24) is 0 Å². The molecule has 150 valence electrons. The average Bonchev–Trinajstić information content (AvgIpc) is 2.94. The molecule has 5 heteroatoms. The van der Waals surface area contributed by atoms with Crippen LogP contribution in [-0.4, -0.2) is 59.6 Å². The van der Waals surface area contributed by atoms with Crippen LogP contribution in [0.4, 0.5) is 0 Å². The summed E-state index contributed by atoms with van der Waals surface area (Å²) < 4.78 is 10.6. The van der Waals surface area contributed by atoms with Crippen LogP contribution in [0.3, 0.4) is 0 Å². The average molecular weight is 361 g/mol. The third-order valence-electron chi connectivity index (χ3n) is 5.00. The summed E-state index contributed by atoms with van der Waals surface area (Å²) in [5.41, 5.74) is 0. The Hall–Kier alpha value is -0.200. The van der Waals surface area contributed by atoms with Gasteiger partial charge in [0.25, 0.3) is 0 Å². The molecule has 1 rings (SSSR count). The Kier molecular flexibility index (Phi) is 13.6. The van der Waals surface area contributed by atoms with Gasteiger partial charge in [-0.2, -0.15) is 0 Å². The molecule has 5 nitrogen and oxygen atoms in total. The highest BCUT2D eigenvalue weighted by Gasteiger charge is 2.39. The summed E-state index contributed by atoms with van der Waals surface area (Å²) in [6.45, 7) is 3.10. The Morgan fingerprint density at radius 3 is 1.88 bits per heavy atom. The van der Waals surface area contributed by atoms with Crippen LogP contribution in [0.5, 0.6) is 0 Å². The fraction of sp³-hybridized carbons (Fsp3) is 1.00. The van der Waals surface area contributed by atoms with Gasteiger partial charge in [-0.05, 0) is 6.42 Å². The topological polar surface area (TPSA) is 79.2 Å². The molecule has 0 aromatic carbocycles. The van der Waals surface area contributed by atoms with Crippen LogP contribution < -0.4 is 0 Å². The number of hydrogen-bond donors (Lipinski definition) is 3. The van der Waals surface area contributed by atoms with E-state index >= 15 is 0 Å². The lowest BCUT2D eigenvalue weighted by Gasteiger charge is -2.20. The van der Waals surface area contributed by atoms with Crippen molar-refractivity contribution in [2.24, 2.45) is 0 Å². The van der Waals surface area contributed by atoms with E-state index in [0.717, 1.165) is 12.8 Å². The minimum Gasteiger partial charge on any atom is -0.388 e. The van der Waals surface area contributed by atoms with E-state index < -0.39 is 24.4 Å². The second-order valence-corrected chi connectivity index (χ2v) is 7.39. The van der Waals surface area contributed by atoms with Crippen LogP contribution in [0.1, 0.15) is 84.0 Å². The van der Waals surface area contributed by atoms with Gasteiger partial charge in [0.2, 0.25) is 0 Å². The molecule has 0 saturated carbocycles. The van der Waals surface area contributed by atoms with Gasteiger partial charge >= 0.3 is 0 Å². The van der Waals surface area contributed by atoms with E-state index in [9.17, 15) is 15.3 Å². The van der Waals surface area contributed by atoms with Gasteiger partial charge in [0.15, 0.2) is 0 Å². The second kappa shape index (κ2) is 14.9.